The van der Waals surface area contributed by atoms with E-state index in [1.807, 2.05) is 24.3 Å². The molecule has 8 heteroatoms. The molecule has 2 aliphatic rings. The molecule has 0 N–H and O–H groups in total. The predicted octanol–water partition coefficient (Wildman–Crippen LogP) is 4.09. The molecule has 1 aromatic carbocycles. The molecule has 3 aromatic rings. The molecule has 5 rings (SSSR count). The second kappa shape index (κ2) is 9.06. The van der Waals surface area contributed by atoms with E-state index in [0.29, 0.717) is 23.4 Å². The molecule has 0 radical (unpaired) electrons. The van der Waals surface area contributed by atoms with Crippen LogP contribution in [0, 0.1) is 0 Å². The number of anilines is 2. The Bertz CT molecular complexity index is 1020. The maximum atomic E-state index is 6.04. The lowest BCUT2D eigenvalue weighted by molar-refractivity contribution is 0.292. The zero-order chi connectivity index (χ0) is 21.0. The van der Waals surface area contributed by atoms with Gasteiger partial charge in [-0.2, -0.15) is 10.1 Å². The molecule has 1 aliphatic carbocycles. The van der Waals surface area contributed by atoms with Crippen molar-refractivity contribution in [1.82, 2.24) is 20.2 Å². The van der Waals surface area contributed by atoms with E-state index in [1.165, 1.54) is 19.3 Å². The van der Waals surface area contributed by atoms with E-state index in [2.05, 4.69) is 42.1 Å². The van der Waals surface area contributed by atoms with Crippen LogP contribution in [0.5, 0.6) is 5.88 Å². The Morgan fingerprint density at radius 1 is 0.935 bits per heavy atom. The van der Waals surface area contributed by atoms with Crippen LogP contribution in [-0.4, -0.2) is 46.3 Å². The Kier molecular flexibility index (Phi) is 5.84. The molecular formula is C23H25ClN6O. The lowest BCUT2D eigenvalue weighted by Gasteiger charge is -2.35. The molecule has 1 saturated heterocycles. The van der Waals surface area contributed by atoms with Gasteiger partial charge in [-0.05, 0) is 42.7 Å². The summed E-state index contributed by atoms with van der Waals surface area (Å²) >= 11 is 6.04. The average molecular weight is 437 g/mol. The average Bonchev–Trinajstić information content (AvgIpc) is 2.78. The molecule has 0 spiro atoms. The summed E-state index contributed by atoms with van der Waals surface area (Å²) in [6.45, 7) is 3.83. The highest BCUT2D eigenvalue weighted by atomic mass is 35.5. The Morgan fingerprint density at radius 2 is 1.74 bits per heavy atom. The first kappa shape index (κ1) is 20.0. The standard InChI is InChI=1S/C23H25ClN6O/c24-19-6-1-3-17(13-19)16-31-23-15-25-14-22(26-23)30-11-9-29(10-12-30)21-8-7-20(27-28-21)18-4-2-5-18/h1,3,6-8,13-15,18H,2,4-5,9-12,16H2. The third kappa shape index (κ3) is 4.71. The molecular weight excluding hydrogens is 412 g/mol. The molecule has 2 aromatic heterocycles. The van der Waals surface area contributed by atoms with Gasteiger partial charge in [0.15, 0.2) is 11.6 Å². The molecule has 0 amide bonds. The number of piperazine rings is 1. The highest BCUT2D eigenvalue weighted by molar-refractivity contribution is 6.30. The van der Waals surface area contributed by atoms with Gasteiger partial charge in [-0.25, -0.2) is 0 Å². The summed E-state index contributed by atoms with van der Waals surface area (Å²) in [6, 6.07) is 11.9. The van der Waals surface area contributed by atoms with Gasteiger partial charge in [-0.1, -0.05) is 30.2 Å². The number of hydrogen-bond donors (Lipinski definition) is 0. The van der Waals surface area contributed by atoms with E-state index in [4.69, 9.17) is 16.3 Å². The monoisotopic (exact) mass is 436 g/mol. The lowest BCUT2D eigenvalue weighted by Crippen LogP contribution is -2.47. The fraction of sp³-hybridized carbons (Fsp3) is 0.391. The molecule has 1 saturated carbocycles. The largest absolute Gasteiger partial charge is 0.472 e. The van der Waals surface area contributed by atoms with Crippen molar-refractivity contribution in [3.05, 3.63) is 65.1 Å². The van der Waals surface area contributed by atoms with Crippen LogP contribution in [-0.2, 0) is 6.61 Å². The topological polar surface area (TPSA) is 67.3 Å². The Labute approximate surface area is 187 Å². The van der Waals surface area contributed by atoms with Gasteiger partial charge in [0.05, 0.1) is 18.1 Å². The Balaban J connectivity index is 1.17. The molecule has 2 fully saturated rings. The molecule has 0 bridgehead atoms. The first-order valence-corrected chi connectivity index (χ1v) is 11.2. The maximum Gasteiger partial charge on any atom is 0.234 e. The van der Waals surface area contributed by atoms with E-state index < -0.39 is 0 Å². The van der Waals surface area contributed by atoms with E-state index in [-0.39, 0.29) is 0 Å². The van der Waals surface area contributed by atoms with Crippen molar-refractivity contribution in [2.24, 2.45) is 0 Å². The van der Waals surface area contributed by atoms with Gasteiger partial charge in [0.2, 0.25) is 5.88 Å². The number of aromatic nitrogens is 4. The molecule has 1 aliphatic heterocycles. The number of halogens is 1. The summed E-state index contributed by atoms with van der Waals surface area (Å²) in [5.41, 5.74) is 2.14. The zero-order valence-corrected chi connectivity index (χ0v) is 18.1. The summed E-state index contributed by atoms with van der Waals surface area (Å²) in [4.78, 5) is 13.5. The first-order chi connectivity index (χ1) is 15.2. The van der Waals surface area contributed by atoms with Crippen LogP contribution in [0.2, 0.25) is 5.02 Å². The zero-order valence-electron chi connectivity index (χ0n) is 17.3. The van der Waals surface area contributed by atoms with Crippen LogP contribution in [0.15, 0.2) is 48.8 Å². The maximum absolute atomic E-state index is 6.04. The van der Waals surface area contributed by atoms with Gasteiger partial charge < -0.3 is 14.5 Å². The smallest absolute Gasteiger partial charge is 0.234 e. The molecule has 3 heterocycles. The van der Waals surface area contributed by atoms with Crippen LogP contribution in [0.1, 0.15) is 36.4 Å². The fourth-order valence-corrected chi connectivity index (χ4v) is 4.15. The van der Waals surface area contributed by atoms with E-state index in [1.54, 1.807) is 12.4 Å². The highest BCUT2D eigenvalue weighted by Gasteiger charge is 2.23. The third-order valence-corrected chi connectivity index (χ3v) is 6.23. The van der Waals surface area contributed by atoms with Gasteiger partial charge >= 0.3 is 0 Å². The van der Waals surface area contributed by atoms with E-state index in [0.717, 1.165) is 49.1 Å². The number of nitrogens with zero attached hydrogens (tertiary/aromatic N) is 6. The van der Waals surface area contributed by atoms with Crippen LogP contribution in [0.4, 0.5) is 11.6 Å². The van der Waals surface area contributed by atoms with Crippen molar-refractivity contribution >= 4 is 23.2 Å². The van der Waals surface area contributed by atoms with Crippen molar-refractivity contribution in [1.29, 1.82) is 0 Å². The molecule has 0 atom stereocenters. The van der Waals surface area contributed by atoms with E-state index in [9.17, 15) is 0 Å². The van der Waals surface area contributed by atoms with Gasteiger partial charge in [-0.3, -0.25) is 4.98 Å². The van der Waals surface area contributed by atoms with Gasteiger partial charge in [0, 0.05) is 37.1 Å². The van der Waals surface area contributed by atoms with Gasteiger partial charge in [0.1, 0.15) is 6.61 Å². The van der Waals surface area contributed by atoms with Crippen molar-refractivity contribution in [3.8, 4) is 5.88 Å². The summed E-state index contributed by atoms with van der Waals surface area (Å²) in [5.74, 6) is 2.91. The molecule has 31 heavy (non-hydrogen) atoms. The summed E-state index contributed by atoms with van der Waals surface area (Å²) in [7, 11) is 0. The second-order valence-electron chi connectivity index (χ2n) is 8.05. The van der Waals surface area contributed by atoms with Crippen LogP contribution < -0.4 is 14.5 Å². The summed E-state index contributed by atoms with van der Waals surface area (Å²) < 4.78 is 5.83. The van der Waals surface area contributed by atoms with Crippen molar-refractivity contribution < 1.29 is 4.74 Å². The number of hydrogen-bond acceptors (Lipinski definition) is 7. The number of rotatable bonds is 6. The predicted molar refractivity (Wildman–Crippen MR) is 121 cm³/mol. The summed E-state index contributed by atoms with van der Waals surface area (Å²) in [6.07, 6.45) is 7.23. The van der Waals surface area contributed by atoms with Gasteiger partial charge in [0.25, 0.3) is 0 Å². The molecule has 7 nitrogen and oxygen atoms in total. The fourth-order valence-electron chi connectivity index (χ4n) is 3.93. The third-order valence-electron chi connectivity index (χ3n) is 6.00. The first-order valence-electron chi connectivity index (χ1n) is 10.8. The minimum absolute atomic E-state index is 0.405. The summed E-state index contributed by atoms with van der Waals surface area (Å²) in [5, 5.41) is 9.64. The van der Waals surface area contributed by atoms with Crippen molar-refractivity contribution in [2.45, 2.75) is 31.8 Å². The van der Waals surface area contributed by atoms with Crippen LogP contribution in [0.3, 0.4) is 0 Å². The van der Waals surface area contributed by atoms with Gasteiger partial charge in [-0.15, -0.1) is 5.10 Å². The minimum Gasteiger partial charge on any atom is -0.472 e. The normalized spacial score (nSPS) is 16.8. The Hall–Kier alpha value is -2.93. The number of benzene rings is 1. The Morgan fingerprint density at radius 3 is 2.42 bits per heavy atom. The van der Waals surface area contributed by atoms with Crippen molar-refractivity contribution in [3.63, 3.8) is 0 Å². The lowest BCUT2D eigenvalue weighted by atomic mass is 9.83. The molecule has 0 unspecified atom stereocenters. The SMILES string of the molecule is Clc1cccc(COc2cncc(N3CCN(c4ccc(C5CCC5)nn4)CC3)n2)c1. The quantitative estimate of drug-likeness (QED) is 0.576. The van der Waals surface area contributed by atoms with Crippen molar-refractivity contribution in [2.75, 3.05) is 36.0 Å². The second-order valence-corrected chi connectivity index (χ2v) is 8.49. The van der Waals surface area contributed by atoms with E-state index >= 15 is 0 Å². The minimum atomic E-state index is 0.405. The molecule has 160 valence electrons. The van der Waals surface area contributed by atoms with Crippen LogP contribution in [0.25, 0.3) is 0 Å². The van der Waals surface area contributed by atoms with Crippen LogP contribution >= 0.6 is 11.6 Å². The highest BCUT2D eigenvalue weighted by Crippen LogP contribution is 2.35. The number of ether oxygens (including phenoxy) is 1.